The van der Waals surface area contributed by atoms with E-state index in [4.69, 9.17) is 0 Å². The van der Waals surface area contributed by atoms with Crippen LogP contribution in [0.2, 0.25) is 0 Å². The molecule has 0 unspecified atom stereocenters. The van der Waals surface area contributed by atoms with Crippen LogP contribution in [0.25, 0.3) is 0 Å². The van der Waals surface area contributed by atoms with E-state index < -0.39 is 18.6 Å². The minimum Gasteiger partial charge on any atom is -0.363 e. The molecule has 23 heavy (non-hydrogen) atoms. The van der Waals surface area contributed by atoms with Crippen molar-refractivity contribution in [1.29, 1.82) is 0 Å². The van der Waals surface area contributed by atoms with Crippen LogP contribution in [0, 0.1) is 0 Å². The minimum absolute atomic E-state index is 0.0798. The number of nitrogens with zero attached hydrogens (tertiary/aromatic N) is 4. The molecular weight excluding hydrogens is 311 g/mol. The van der Waals surface area contributed by atoms with Gasteiger partial charge in [0.05, 0.1) is 11.8 Å². The number of amides is 1. The van der Waals surface area contributed by atoms with Crippen molar-refractivity contribution in [3.05, 3.63) is 41.9 Å². The van der Waals surface area contributed by atoms with Crippen molar-refractivity contribution in [3.63, 3.8) is 0 Å². The van der Waals surface area contributed by atoms with Crippen LogP contribution in [0.5, 0.6) is 0 Å². The minimum atomic E-state index is -4.38. The quantitative estimate of drug-likeness (QED) is 0.910. The second-order valence-electron chi connectivity index (χ2n) is 5.14. The molecule has 6 nitrogen and oxygen atoms in total. The van der Waals surface area contributed by atoms with Crippen LogP contribution in [-0.2, 0) is 13.1 Å². The van der Waals surface area contributed by atoms with Gasteiger partial charge in [0.15, 0.2) is 0 Å². The van der Waals surface area contributed by atoms with Gasteiger partial charge in [-0.3, -0.25) is 9.48 Å². The SMILES string of the molecule is CN(C)c1cc(CNC(=O)c2cnn(CC(F)(F)F)c2)ccn1. The number of nitrogens with one attached hydrogen (secondary N) is 1. The van der Waals surface area contributed by atoms with Crippen molar-refractivity contribution < 1.29 is 18.0 Å². The molecule has 0 aliphatic heterocycles. The Balaban J connectivity index is 1.96. The fourth-order valence-electron chi connectivity index (χ4n) is 1.85. The first kappa shape index (κ1) is 16.8. The number of hydrogen-bond donors (Lipinski definition) is 1. The Morgan fingerprint density at radius 2 is 2.13 bits per heavy atom. The fourth-order valence-corrected chi connectivity index (χ4v) is 1.85. The van der Waals surface area contributed by atoms with Gasteiger partial charge < -0.3 is 10.2 Å². The summed E-state index contributed by atoms with van der Waals surface area (Å²) in [5.74, 6) is 0.261. The third-order valence-electron chi connectivity index (χ3n) is 2.96. The highest BCUT2D eigenvalue weighted by molar-refractivity contribution is 5.93. The lowest BCUT2D eigenvalue weighted by Crippen LogP contribution is -2.23. The molecule has 2 heterocycles. The van der Waals surface area contributed by atoms with Gasteiger partial charge in [0.2, 0.25) is 0 Å². The second kappa shape index (κ2) is 6.67. The zero-order valence-corrected chi connectivity index (χ0v) is 12.6. The van der Waals surface area contributed by atoms with Gasteiger partial charge in [-0.2, -0.15) is 18.3 Å². The summed E-state index contributed by atoms with van der Waals surface area (Å²) in [5.41, 5.74) is 0.913. The lowest BCUT2D eigenvalue weighted by Gasteiger charge is -2.12. The molecule has 9 heteroatoms. The van der Waals surface area contributed by atoms with E-state index in [2.05, 4.69) is 15.4 Å². The van der Waals surface area contributed by atoms with Gasteiger partial charge in [-0.25, -0.2) is 4.98 Å². The van der Waals surface area contributed by atoms with Gasteiger partial charge in [-0.1, -0.05) is 0 Å². The van der Waals surface area contributed by atoms with E-state index in [1.807, 2.05) is 25.1 Å². The second-order valence-corrected chi connectivity index (χ2v) is 5.14. The topological polar surface area (TPSA) is 63.1 Å². The standard InChI is InChI=1S/C14H16F3N5O/c1-21(2)12-5-10(3-4-18-12)6-19-13(23)11-7-20-22(8-11)9-14(15,16)17/h3-5,7-8H,6,9H2,1-2H3,(H,19,23). The number of aromatic nitrogens is 3. The molecule has 0 aromatic carbocycles. The largest absolute Gasteiger partial charge is 0.408 e. The maximum absolute atomic E-state index is 12.3. The first-order chi connectivity index (χ1) is 10.7. The van der Waals surface area contributed by atoms with Crippen LogP contribution < -0.4 is 10.2 Å². The fraction of sp³-hybridized carbons (Fsp3) is 0.357. The van der Waals surface area contributed by atoms with Gasteiger partial charge in [0.1, 0.15) is 12.4 Å². The van der Waals surface area contributed by atoms with E-state index >= 15 is 0 Å². The molecule has 0 saturated carbocycles. The number of alkyl halides is 3. The number of pyridine rings is 1. The van der Waals surface area contributed by atoms with Crippen LogP contribution in [0.4, 0.5) is 19.0 Å². The van der Waals surface area contributed by atoms with Crippen molar-refractivity contribution >= 4 is 11.7 Å². The molecular formula is C14H16F3N5O. The summed E-state index contributed by atoms with van der Waals surface area (Å²) < 4.78 is 37.4. The summed E-state index contributed by atoms with van der Waals surface area (Å²) in [6.07, 6.45) is -0.572. The molecule has 0 aliphatic carbocycles. The van der Waals surface area contributed by atoms with Crippen molar-refractivity contribution in [2.45, 2.75) is 19.3 Å². The molecule has 0 radical (unpaired) electrons. The molecule has 0 bridgehead atoms. The monoisotopic (exact) mass is 327 g/mol. The van der Waals surface area contributed by atoms with Crippen LogP contribution in [0.1, 0.15) is 15.9 Å². The average molecular weight is 327 g/mol. The van der Waals surface area contributed by atoms with Crippen LogP contribution in [0.15, 0.2) is 30.7 Å². The third-order valence-corrected chi connectivity index (χ3v) is 2.96. The molecule has 124 valence electrons. The molecule has 2 aromatic heterocycles. The number of rotatable bonds is 5. The maximum Gasteiger partial charge on any atom is 0.408 e. The Hall–Kier alpha value is -2.58. The number of halogens is 3. The summed E-state index contributed by atoms with van der Waals surface area (Å²) in [4.78, 5) is 17.9. The zero-order valence-electron chi connectivity index (χ0n) is 12.6. The summed E-state index contributed by atoms with van der Waals surface area (Å²) in [5, 5.41) is 6.17. The Morgan fingerprint density at radius 1 is 1.39 bits per heavy atom. The van der Waals surface area contributed by atoms with E-state index in [-0.39, 0.29) is 12.1 Å². The Morgan fingerprint density at radius 3 is 2.78 bits per heavy atom. The number of carbonyl (C=O) groups excluding carboxylic acids is 1. The Labute approximate surface area is 130 Å². The van der Waals surface area contributed by atoms with E-state index in [0.717, 1.165) is 23.8 Å². The van der Waals surface area contributed by atoms with Crippen molar-refractivity contribution in [1.82, 2.24) is 20.1 Å². The van der Waals surface area contributed by atoms with Gasteiger partial charge in [-0.15, -0.1) is 0 Å². The lowest BCUT2D eigenvalue weighted by molar-refractivity contribution is -0.142. The number of hydrogen-bond acceptors (Lipinski definition) is 4. The zero-order chi connectivity index (χ0) is 17.0. The van der Waals surface area contributed by atoms with Gasteiger partial charge >= 0.3 is 6.18 Å². The molecule has 0 aliphatic rings. The van der Waals surface area contributed by atoms with Crippen molar-refractivity contribution in [3.8, 4) is 0 Å². The maximum atomic E-state index is 12.3. The van der Waals surface area contributed by atoms with Crippen molar-refractivity contribution in [2.24, 2.45) is 0 Å². The summed E-state index contributed by atoms with van der Waals surface area (Å²) >= 11 is 0. The van der Waals surface area contributed by atoms with E-state index in [9.17, 15) is 18.0 Å². The molecule has 1 N–H and O–H groups in total. The molecule has 2 aromatic rings. The summed E-state index contributed by atoms with van der Waals surface area (Å²) in [6, 6.07) is 3.56. The predicted molar refractivity (Wildman–Crippen MR) is 78.0 cm³/mol. The molecule has 1 amide bonds. The van der Waals surface area contributed by atoms with Gasteiger partial charge in [0, 0.05) is 33.0 Å². The lowest BCUT2D eigenvalue weighted by atomic mass is 10.2. The highest BCUT2D eigenvalue weighted by Crippen LogP contribution is 2.17. The number of anilines is 1. The molecule has 0 spiro atoms. The van der Waals surface area contributed by atoms with Crippen LogP contribution >= 0.6 is 0 Å². The highest BCUT2D eigenvalue weighted by atomic mass is 19.4. The van der Waals surface area contributed by atoms with Gasteiger partial charge in [0.25, 0.3) is 5.91 Å². The molecule has 0 atom stereocenters. The van der Waals surface area contributed by atoms with Crippen LogP contribution in [0.3, 0.4) is 0 Å². The Kier molecular flexibility index (Phi) is 4.87. The molecule has 2 rings (SSSR count). The van der Waals surface area contributed by atoms with Gasteiger partial charge in [-0.05, 0) is 17.7 Å². The normalized spacial score (nSPS) is 11.3. The summed E-state index contributed by atoms with van der Waals surface area (Å²) in [6.45, 7) is -0.983. The summed E-state index contributed by atoms with van der Waals surface area (Å²) in [7, 11) is 3.69. The first-order valence-corrected chi connectivity index (χ1v) is 6.74. The molecule has 0 fully saturated rings. The van der Waals surface area contributed by atoms with Crippen LogP contribution in [-0.4, -0.2) is 40.9 Å². The third kappa shape index (κ3) is 4.97. The highest BCUT2D eigenvalue weighted by Gasteiger charge is 2.28. The first-order valence-electron chi connectivity index (χ1n) is 6.74. The van der Waals surface area contributed by atoms with E-state index in [0.29, 0.717) is 4.68 Å². The smallest absolute Gasteiger partial charge is 0.363 e. The molecule has 0 saturated heterocycles. The van der Waals surface area contributed by atoms with E-state index in [1.165, 1.54) is 0 Å². The van der Waals surface area contributed by atoms with Crippen molar-refractivity contribution in [2.75, 3.05) is 19.0 Å². The van der Waals surface area contributed by atoms with E-state index in [1.54, 1.807) is 12.3 Å². The average Bonchev–Trinajstić information content (AvgIpc) is 2.91. The number of carbonyl (C=O) groups is 1. The Bertz CT molecular complexity index is 681. The predicted octanol–water partition coefficient (Wildman–Crippen LogP) is 1.84.